The van der Waals surface area contributed by atoms with Gasteiger partial charge in [-0.2, -0.15) is 0 Å². The molecule has 0 spiro atoms. The third-order valence-electron chi connectivity index (χ3n) is 2.62. The molecule has 0 N–H and O–H groups in total. The zero-order valence-electron chi connectivity index (χ0n) is 8.79. The third-order valence-corrected chi connectivity index (χ3v) is 2.62. The van der Waals surface area contributed by atoms with Gasteiger partial charge in [-0.05, 0) is 19.8 Å². The molecule has 0 amide bonds. The van der Waals surface area contributed by atoms with Crippen molar-refractivity contribution >= 4 is 0 Å². The summed E-state index contributed by atoms with van der Waals surface area (Å²) in [5.74, 6) is 0. The minimum Gasteiger partial charge on any atom is -0.381 e. The van der Waals surface area contributed by atoms with Crippen LogP contribution in [-0.2, 0) is 9.47 Å². The van der Waals surface area contributed by atoms with Crippen molar-refractivity contribution in [3.05, 3.63) is 0 Å². The summed E-state index contributed by atoms with van der Waals surface area (Å²) in [5.41, 5.74) is 0. The van der Waals surface area contributed by atoms with E-state index in [1.165, 1.54) is 12.8 Å². The van der Waals surface area contributed by atoms with E-state index in [-0.39, 0.29) is 0 Å². The molecule has 1 aliphatic heterocycles. The zero-order valence-corrected chi connectivity index (χ0v) is 8.79. The van der Waals surface area contributed by atoms with Crippen LogP contribution in [0.4, 0.5) is 0 Å². The Kier molecular flexibility index (Phi) is 5.35. The first-order valence-corrected chi connectivity index (χ1v) is 5.19. The lowest BCUT2D eigenvalue weighted by Gasteiger charge is -2.30. The zero-order chi connectivity index (χ0) is 9.52. The summed E-state index contributed by atoms with van der Waals surface area (Å²) in [4.78, 5) is 2.45. The molecule has 0 aromatic heterocycles. The molecule has 1 aliphatic rings. The number of piperidine rings is 1. The minimum atomic E-state index is 0.489. The Morgan fingerprint density at radius 2 is 2.00 bits per heavy atom. The highest BCUT2D eigenvalue weighted by Crippen LogP contribution is 2.11. The van der Waals surface area contributed by atoms with Crippen LogP contribution in [-0.4, -0.2) is 51.0 Å². The fourth-order valence-corrected chi connectivity index (χ4v) is 1.71. The van der Waals surface area contributed by atoms with E-state index >= 15 is 0 Å². The molecule has 3 heteroatoms. The predicted octanol–water partition coefficient (Wildman–Crippen LogP) is 1.13. The average Bonchev–Trinajstić information content (AvgIpc) is 2.19. The Morgan fingerprint density at radius 1 is 1.31 bits per heavy atom. The van der Waals surface area contributed by atoms with Gasteiger partial charge >= 0.3 is 0 Å². The summed E-state index contributed by atoms with van der Waals surface area (Å²) in [6.07, 6.45) is 2.83. The van der Waals surface area contributed by atoms with Crippen molar-refractivity contribution in [2.45, 2.75) is 25.9 Å². The Hall–Kier alpha value is -0.120. The molecule has 1 saturated heterocycles. The minimum absolute atomic E-state index is 0.489. The second-order valence-corrected chi connectivity index (χ2v) is 3.47. The van der Waals surface area contributed by atoms with Crippen molar-refractivity contribution in [3.63, 3.8) is 0 Å². The van der Waals surface area contributed by atoms with Gasteiger partial charge < -0.3 is 14.4 Å². The molecule has 0 radical (unpaired) electrons. The molecule has 78 valence electrons. The average molecular weight is 187 g/mol. The number of ether oxygens (including phenoxy) is 2. The summed E-state index contributed by atoms with van der Waals surface area (Å²) in [6.45, 7) is 7.13. The molecule has 13 heavy (non-hydrogen) atoms. The van der Waals surface area contributed by atoms with E-state index < -0.39 is 0 Å². The molecular weight excluding hydrogens is 166 g/mol. The van der Waals surface area contributed by atoms with Crippen LogP contribution in [0.5, 0.6) is 0 Å². The molecule has 0 atom stereocenters. The van der Waals surface area contributed by atoms with E-state index in [1.807, 2.05) is 6.92 Å². The van der Waals surface area contributed by atoms with Crippen molar-refractivity contribution in [2.75, 3.05) is 40.0 Å². The van der Waals surface area contributed by atoms with E-state index in [9.17, 15) is 0 Å². The molecule has 0 unspecified atom stereocenters. The van der Waals surface area contributed by atoms with Gasteiger partial charge in [-0.15, -0.1) is 0 Å². The van der Waals surface area contributed by atoms with E-state index in [0.29, 0.717) is 6.10 Å². The van der Waals surface area contributed by atoms with Gasteiger partial charge in [-0.3, -0.25) is 0 Å². The van der Waals surface area contributed by atoms with Crippen LogP contribution in [0, 0.1) is 0 Å². The fraction of sp³-hybridized carbons (Fsp3) is 1.00. The molecule has 1 heterocycles. The highest BCUT2D eigenvalue weighted by atomic mass is 16.5. The van der Waals surface area contributed by atoms with Crippen LogP contribution in [0.3, 0.4) is 0 Å². The van der Waals surface area contributed by atoms with Crippen molar-refractivity contribution in [1.29, 1.82) is 0 Å². The van der Waals surface area contributed by atoms with Crippen LogP contribution in [0.25, 0.3) is 0 Å². The fourth-order valence-electron chi connectivity index (χ4n) is 1.71. The quantitative estimate of drug-likeness (QED) is 0.602. The van der Waals surface area contributed by atoms with Gasteiger partial charge in [-0.25, -0.2) is 0 Å². The summed E-state index contributed by atoms with van der Waals surface area (Å²) < 4.78 is 10.6. The second-order valence-electron chi connectivity index (χ2n) is 3.47. The van der Waals surface area contributed by atoms with Crippen molar-refractivity contribution in [2.24, 2.45) is 0 Å². The number of nitrogens with zero attached hydrogens (tertiary/aromatic N) is 1. The SMILES string of the molecule is CCOCCN1CCC(OC)CC1. The topological polar surface area (TPSA) is 21.7 Å². The van der Waals surface area contributed by atoms with Gasteiger partial charge in [0.05, 0.1) is 12.7 Å². The molecule has 1 fully saturated rings. The van der Waals surface area contributed by atoms with Crippen LogP contribution >= 0.6 is 0 Å². The van der Waals surface area contributed by atoms with Crippen LogP contribution in [0.1, 0.15) is 19.8 Å². The van der Waals surface area contributed by atoms with Gasteiger partial charge in [-0.1, -0.05) is 0 Å². The first kappa shape index (κ1) is 11.0. The molecule has 0 aromatic carbocycles. The first-order valence-electron chi connectivity index (χ1n) is 5.19. The highest BCUT2D eigenvalue weighted by Gasteiger charge is 2.17. The number of methoxy groups -OCH3 is 1. The van der Waals surface area contributed by atoms with E-state index in [1.54, 1.807) is 7.11 Å². The second kappa shape index (κ2) is 6.35. The highest BCUT2D eigenvalue weighted by molar-refractivity contribution is 4.71. The van der Waals surface area contributed by atoms with Crippen LogP contribution < -0.4 is 0 Å². The number of rotatable bonds is 5. The van der Waals surface area contributed by atoms with Crippen molar-refractivity contribution in [1.82, 2.24) is 4.90 Å². The first-order chi connectivity index (χ1) is 6.36. The van der Waals surface area contributed by atoms with Gasteiger partial charge in [0.25, 0.3) is 0 Å². The van der Waals surface area contributed by atoms with Crippen molar-refractivity contribution in [3.8, 4) is 0 Å². The summed E-state index contributed by atoms with van der Waals surface area (Å²) in [7, 11) is 1.81. The molecule has 0 aromatic rings. The van der Waals surface area contributed by atoms with Gasteiger partial charge in [0.15, 0.2) is 0 Å². The van der Waals surface area contributed by atoms with E-state index in [0.717, 1.165) is 32.8 Å². The Balaban J connectivity index is 2.03. The van der Waals surface area contributed by atoms with Gasteiger partial charge in [0, 0.05) is 33.4 Å². The maximum absolute atomic E-state index is 5.32. The molecule has 3 nitrogen and oxygen atoms in total. The maximum atomic E-state index is 5.32. The third kappa shape index (κ3) is 4.07. The van der Waals surface area contributed by atoms with E-state index in [2.05, 4.69) is 4.90 Å². The Labute approximate surface area is 81.0 Å². The smallest absolute Gasteiger partial charge is 0.0595 e. The lowest BCUT2D eigenvalue weighted by atomic mass is 10.1. The molecule has 0 aliphatic carbocycles. The maximum Gasteiger partial charge on any atom is 0.0595 e. The van der Waals surface area contributed by atoms with E-state index in [4.69, 9.17) is 9.47 Å². The Morgan fingerprint density at radius 3 is 2.54 bits per heavy atom. The standard InChI is InChI=1S/C10H21NO2/c1-3-13-9-8-11-6-4-10(12-2)5-7-11/h10H,3-9H2,1-2H3. The lowest BCUT2D eigenvalue weighted by molar-refractivity contribution is 0.0299. The lowest BCUT2D eigenvalue weighted by Crippen LogP contribution is -2.38. The largest absolute Gasteiger partial charge is 0.381 e. The Bertz CT molecular complexity index is 119. The summed E-state index contributed by atoms with van der Waals surface area (Å²) in [6, 6.07) is 0. The van der Waals surface area contributed by atoms with Gasteiger partial charge in [0.1, 0.15) is 0 Å². The molecular formula is C10H21NO2. The van der Waals surface area contributed by atoms with Gasteiger partial charge in [0.2, 0.25) is 0 Å². The summed E-state index contributed by atoms with van der Waals surface area (Å²) in [5, 5.41) is 0. The normalized spacial score (nSPS) is 20.8. The number of hydrogen-bond acceptors (Lipinski definition) is 3. The van der Waals surface area contributed by atoms with Crippen molar-refractivity contribution < 1.29 is 9.47 Å². The summed E-state index contributed by atoms with van der Waals surface area (Å²) >= 11 is 0. The van der Waals surface area contributed by atoms with Crippen LogP contribution in [0.15, 0.2) is 0 Å². The number of likely N-dealkylation sites (tertiary alicyclic amines) is 1. The molecule has 0 saturated carbocycles. The predicted molar refractivity (Wildman–Crippen MR) is 53.0 cm³/mol. The van der Waals surface area contributed by atoms with Crippen LogP contribution in [0.2, 0.25) is 0 Å². The molecule has 1 rings (SSSR count). The monoisotopic (exact) mass is 187 g/mol. The number of hydrogen-bond donors (Lipinski definition) is 0. The molecule has 0 bridgehead atoms.